The van der Waals surface area contributed by atoms with Gasteiger partial charge in [-0.2, -0.15) is 0 Å². The Morgan fingerprint density at radius 2 is 1.70 bits per heavy atom. The molecular weight excluding hydrogens is 507 g/mol. The van der Waals surface area contributed by atoms with Crippen molar-refractivity contribution in [2.45, 2.75) is 32.9 Å². The highest BCUT2D eigenvalue weighted by Crippen LogP contribution is 2.32. The average Bonchev–Trinajstić information content (AvgIpc) is 2.98. The predicted octanol–water partition coefficient (Wildman–Crippen LogP) is 6.22. The molecule has 1 aliphatic heterocycles. The number of rotatable bonds is 5. The minimum absolute atomic E-state index is 0.0921. The minimum atomic E-state index is -0.362. The standard InChI is InChI=1S/C27H28N2O3.C5H5FN2/c1-20(30)29-16-6-9-25-17-24(14-15-26(25)29)23-12-10-21(11-13-23)18-28(2)27(31)32-19-22-7-4-3-5-8-22;6-4-1-2-5(7)8-3-4/h3-5,7-8,10-15,17H,6,9,16,18-19H2,1-2H3;1-3H,(H2,7,8). The summed E-state index contributed by atoms with van der Waals surface area (Å²) in [5.74, 6) is 0.0695. The first-order valence-corrected chi connectivity index (χ1v) is 13.1. The molecule has 2 amide bonds. The van der Waals surface area contributed by atoms with Crippen LogP contribution in [0.1, 0.15) is 30.0 Å². The van der Waals surface area contributed by atoms with E-state index in [-0.39, 0.29) is 24.4 Å². The highest BCUT2D eigenvalue weighted by molar-refractivity contribution is 5.93. The third-order valence-corrected chi connectivity index (χ3v) is 6.55. The fourth-order valence-electron chi connectivity index (χ4n) is 4.46. The van der Waals surface area contributed by atoms with Gasteiger partial charge in [-0.3, -0.25) is 4.79 Å². The van der Waals surface area contributed by atoms with Gasteiger partial charge in [-0.1, -0.05) is 60.7 Å². The Kier molecular flexibility index (Phi) is 9.46. The second kappa shape index (κ2) is 13.4. The zero-order valence-corrected chi connectivity index (χ0v) is 22.7. The van der Waals surface area contributed by atoms with Crippen LogP contribution in [-0.2, 0) is 29.1 Å². The lowest BCUT2D eigenvalue weighted by atomic mass is 9.95. The van der Waals surface area contributed by atoms with Gasteiger partial charge >= 0.3 is 6.09 Å². The van der Waals surface area contributed by atoms with Crippen LogP contribution in [0.15, 0.2) is 91.1 Å². The summed E-state index contributed by atoms with van der Waals surface area (Å²) in [6.45, 7) is 3.15. The lowest BCUT2D eigenvalue weighted by Gasteiger charge is -2.29. The van der Waals surface area contributed by atoms with Crippen LogP contribution in [0.5, 0.6) is 0 Å². The third-order valence-electron chi connectivity index (χ3n) is 6.55. The zero-order chi connectivity index (χ0) is 28.5. The number of aryl methyl sites for hydroxylation is 1. The first-order chi connectivity index (χ1) is 19.3. The number of nitrogens with two attached hydrogens (primary N) is 1. The van der Waals surface area contributed by atoms with E-state index in [2.05, 4.69) is 35.3 Å². The molecule has 0 bridgehead atoms. The zero-order valence-electron chi connectivity index (χ0n) is 22.7. The Labute approximate surface area is 234 Å². The van der Waals surface area contributed by atoms with E-state index >= 15 is 0 Å². The number of halogens is 1. The smallest absolute Gasteiger partial charge is 0.410 e. The molecule has 3 aromatic carbocycles. The Balaban J connectivity index is 0.000000398. The molecule has 0 saturated carbocycles. The van der Waals surface area contributed by atoms with Crippen LogP contribution in [0.2, 0.25) is 0 Å². The van der Waals surface area contributed by atoms with Gasteiger partial charge in [-0.15, -0.1) is 0 Å². The molecule has 0 spiro atoms. The van der Waals surface area contributed by atoms with E-state index in [0.29, 0.717) is 12.4 Å². The van der Waals surface area contributed by atoms with Crippen molar-refractivity contribution in [3.05, 3.63) is 114 Å². The van der Waals surface area contributed by atoms with Crippen molar-refractivity contribution in [2.75, 3.05) is 24.2 Å². The number of fused-ring (bicyclic) bond motifs is 1. The van der Waals surface area contributed by atoms with Crippen LogP contribution in [0.25, 0.3) is 11.1 Å². The lowest BCUT2D eigenvalue weighted by molar-refractivity contribution is -0.116. The number of hydrogen-bond acceptors (Lipinski definition) is 5. The maximum Gasteiger partial charge on any atom is 0.410 e. The quantitative estimate of drug-likeness (QED) is 0.324. The first-order valence-electron chi connectivity index (χ1n) is 13.1. The summed E-state index contributed by atoms with van der Waals surface area (Å²) >= 11 is 0. The number of benzene rings is 3. The molecule has 40 heavy (non-hydrogen) atoms. The van der Waals surface area contributed by atoms with Crippen molar-refractivity contribution in [3.8, 4) is 11.1 Å². The maximum atomic E-state index is 12.3. The van der Waals surface area contributed by atoms with Crippen molar-refractivity contribution in [3.63, 3.8) is 0 Å². The number of carbonyl (C=O) groups excluding carboxylic acids is 2. The molecule has 0 fully saturated rings. The van der Waals surface area contributed by atoms with Gasteiger partial charge in [-0.05, 0) is 64.9 Å². The van der Waals surface area contributed by atoms with E-state index in [1.165, 1.54) is 17.7 Å². The second-order valence-electron chi connectivity index (χ2n) is 9.61. The number of nitrogens with zero attached hydrogens (tertiary/aromatic N) is 3. The van der Waals surface area contributed by atoms with Crippen LogP contribution < -0.4 is 10.6 Å². The van der Waals surface area contributed by atoms with Crippen molar-refractivity contribution in [2.24, 2.45) is 0 Å². The Morgan fingerprint density at radius 1 is 0.975 bits per heavy atom. The molecule has 0 aliphatic carbocycles. The van der Waals surface area contributed by atoms with Gasteiger partial charge in [0.2, 0.25) is 5.91 Å². The van der Waals surface area contributed by atoms with E-state index in [0.717, 1.165) is 53.5 Å². The number of ether oxygens (including phenoxy) is 1. The Hall–Kier alpha value is -4.72. The molecule has 1 aliphatic rings. The molecule has 2 heterocycles. The van der Waals surface area contributed by atoms with Gasteiger partial charge in [0.15, 0.2) is 0 Å². The topological polar surface area (TPSA) is 88.8 Å². The van der Waals surface area contributed by atoms with E-state index in [4.69, 9.17) is 10.5 Å². The number of nitrogen functional groups attached to an aromatic ring is 1. The number of pyridine rings is 1. The van der Waals surface area contributed by atoms with Crippen LogP contribution >= 0.6 is 0 Å². The van der Waals surface area contributed by atoms with Gasteiger partial charge in [0, 0.05) is 32.7 Å². The molecule has 5 rings (SSSR count). The molecule has 206 valence electrons. The van der Waals surface area contributed by atoms with Crippen molar-refractivity contribution in [1.82, 2.24) is 9.88 Å². The third kappa shape index (κ3) is 7.66. The molecule has 0 atom stereocenters. The minimum Gasteiger partial charge on any atom is -0.445 e. The molecule has 0 unspecified atom stereocenters. The summed E-state index contributed by atoms with van der Waals surface area (Å²) in [4.78, 5) is 31.1. The molecule has 4 aromatic rings. The fraction of sp³-hybridized carbons (Fsp3) is 0.219. The van der Waals surface area contributed by atoms with Crippen LogP contribution in [0, 0.1) is 5.82 Å². The fourth-order valence-corrected chi connectivity index (χ4v) is 4.46. The number of hydrogen-bond donors (Lipinski definition) is 1. The highest BCUT2D eigenvalue weighted by atomic mass is 19.1. The first kappa shape index (κ1) is 28.3. The summed E-state index contributed by atoms with van der Waals surface area (Å²) in [5, 5.41) is 0. The average molecular weight is 541 g/mol. The summed E-state index contributed by atoms with van der Waals surface area (Å²) in [6.07, 6.45) is 2.71. The molecule has 8 heteroatoms. The number of amides is 2. The predicted molar refractivity (Wildman–Crippen MR) is 155 cm³/mol. The van der Waals surface area contributed by atoms with Crippen LogP contribution in [0.3, 0.4) is 0 Å². The lowest BCUT2D eigenvalue weighted by Crippen LogP contribution is -2.33. The number of aromatic nitrogens is 1. The summed E-state index contributed by atoms with van der Waals surface area (Å²) in [5.41, 5.74) is 11.6. The number of carbonyl (C=O) groups is 2. The van der Waals surface area contributed by atoms with Gasteiger partial charge in [0.1, 0.15) is 18.2 Å². The van der Waals surface area contributed by atoms with Crippen molar-refractivity contribution < 1.29 is 18.7 Å². The summed E-state index contributed by atoms with van der Waals surface area (Å²) in [6, 6.07) is 26.9. The van der Waals surface area contributed by atoms with Gasteiger partial charge in [0.05, 0.1) is 6.20 Å². The largest absolute Gasteiger partial charge is 0.445 e. The monoisotopic (exact) mass is 540 g/mol. The molecule has 0 radical (unpaired) electrons. The van der Waals surface area contributed by atoms with E-state index in [1.54, 1.807) is 18.9 Å². The number of anilines is 2. The Morgan fingerprint density at radius 3 is 2.35 bits per heavy atom. The highest BCUT2D eigenvalue weighted by Gasteiger charge is 2.20. The van der Waals surface area contributed by atoms with E-state index < -0.39 is 0 Å². The SMILES string of the molecule is CC(=O)N1CCCc2cc(-c3ccc(CN(C)C(=O)OCc4ccccc4)cc3)ccc21.Nc1ccc(F)cn1. The summed E-state index contributed by atoms with van der Waals surface area (Å²) in [7, 11) is 1.74. The maximum absolute atomic E-state index is 12.3. The van der Waals surface area contributed by atoms with Gasteiger partial charge in [-0.25, -0.2) is 14.2 Å². The molecule has 7 nitrogen and oxygen atoms in total. The molecule has 0 saturated heterocycles. The van der Waals surface area contributed by atoms with Crippen LogP contribution in [-0.4, -0.2) is 35.5 Å². The normalized spacial score (nSPS) is 12.0. The van der Waals surface area contributed by atoms with E-state index in [1.807, 2.05) is 47.4 Å². The Bertz CT molecular complexity index is 1410. The summed E-state index contributed by atoms with van der Waals surface area (Å²) < 4.78 is 17.4. The molecule has 2 N–H and O–H groups in total. The second-order valence-corrected chi connectivity index (χ2v) is 9.61. The molecular formula is C32H33FN4O3. The molecule has 1 aromatic heterocycles. The van der Waals surface area contributed by atoms with Crippen LogP contribution in [0.4, 0.5) is 20.7 Å². The van der Waals surface area contributed by atoms with E-state index in [9.17, 15) is 14.0 Å². The van der Waals surface area contributed by atoms with Gasteiger partial charge < -0.3 is 20.3 Å². The van der Waals surface area contributed by atoms with Crippen molar-refractivity contribution in [1.29, 1.82) is 0 Å². The van der Waals surface area contributed by atoms with Crippen molar-refractivity contribution >= 4 is 23.5 Å². The van der Waals surface area contributed by atoms with Gasteiger partial charge in [0.25, 0.3) is 0 Å².